The van der Waals surface area contributed by atoms with E-state index in [1.807, 2.05) is 36.4 Å². The molecule has 3 rings (SSSR count). The van der Waals surface area contributed by atoms with E-state index in [0.29, 0.717) is 11.6 Å². The molecule has 0 radical (unpaired) electrons. The number of hydrogen-bond donors (Lipinski definition) is 0. The van der Waals surface area contributed by atoms with Gasteiger partial charge in [0, 0.05) is 16.5 Å². The van der Waals surface area contributed by atoms with Crippen LogP contribution in [0.15, 0.2) is 48.5 Å². The molecule has 1 fully saturated rings. The Bertz CT molecular complexity index is 746. The summed E-state index contributed by atoms with van der Waals surface area (Å²) in [5.41, 5.74) is 1.88. The summed E-state index contributed by atoms with van der Waals surface area (Å²) in [6.07, 6.45) is 5.56. The van der Waals surface area contributed by atoms with Gasteiger partial charge in [-0.25, -0.2) is 0 Å². The van der Waals surface area contributed by atoms with Crippen LogP contribution >= 0.6 is 11.6 Å². The largest absolute Gasteiger partial charge is 0.496 e. The maximum atomic E-state index is 11.8. The van der Waals surface area contributed by atoms with Gasteiger partial charge >= 0.3 is 0 Å². The lowest BCUT2D eigenvalue weighted by Gasteiger charge is -2.11. The van der Waals surface area contributed by atoms with Crippen LogP contribution in [0, 0.1) is 5.92 Å². The van der Waals surface area contributed by atoms with E-state index in [0.717, 1.165) is 35.5 Å². The van der Waals surface area contributed by atoms with E-state index in [-0.39, 0.29) is 11.7 Å². The Morgan fingerprint density at radius 2 is 1.96 bits per heavy atom. The van der Waals surface area contributed by atoms with E-state index >= 15 is 0 Å². The zero-order valence-electron chi connectivity index (χ0n) is 13.5. The van der Waals surface area contributed by atoms with Crippen molar-refractivity contribution in [1.29, 1.82) is 0 Å². The van der Waals surface area contributed by atoms with Crippen LogP contribution in [0.25, 0.3) is 6.08 Å². The summed E-state index contributed by atoms with van der Waals surface area (Å²) < 4.78 is 11.2. The maximum absolute atomic E-state index is 11.8. The standard InChI is InChI=1S/C20H19ClO3/c1-23-20-11-3-14(2-10-19(22)15-4-5-15)12-16(20)13-24-18-8-6-17(21)7-9-18/h2-3,6-12,15H,4-5,13H2,1H3. The van der Waals surface area contributed by atoms with Gasteiger partial charge in [-0.3, -0.25) is 4.79 Å². The van der Waals surface area contributed by atoms with Crippen molar-refractivity contribution in [1.82, 2.24) is 0 Å². The molecule has 0 unspecified atom stereocenters. The van der Waals surface area contributed by atoms with Crippen LogP contribution in [0.5, 0.6) is 11.5 Å². The van der Waals surface area contributed by atoms with Crippen molar-refractivity contribution in [3.05, 3.63) is 64.7 Å². The third kappa shape index (κ3) is 4.39. The number of ether oxygens (including phenoxy) is 2. The minimum atomic E-state index is 0.213. The Hall–Kier alpha value is -2.26. The average Bonchev–Trinajstić information content (AvgIpc) is 3.44. The predicted octanol–water partition coefficient (Wildman–Crippen LogP) is 4.92. The molecule has 2 aromatic rings. The predicted molar refractivity (Wildman–Crippen MR) is 95.5 cm³/mol. The van der Waals surface area contributed by atoms with E-state index in [1.54, 1.807) is 25.3 Å². The fraction of sp³-hybridized carbons (Fsp3) is 0.250. The van der Waals surface area contributed by atoms with Gasteiger partial charge in [0.2, 0.25) is 0 Å². The first-order chi connectivity index (χ1) is 11.7. The third-order valence-electron chi connectivity index (χ3n) is 3.93. The second-order valence-electron chi connectivity index (χ2n) is 5.82. The van der Waals surface area contributed by atoms with Gasteiger partial charge in [0.05, 0.1) is 7.11 Å². The van der Waals surface area contributed by atoms with Crippen molar-refractivity contribution in [2.45, 2.75) is 19.4 Å². The zero-order chi connectivity index (χ0) is 16.9. The summed E-state index contributed by atoms with van der Waals surface area (Å²) >= 11 is 5.87. The lowest BCUT2D eigenvalue weighted by Crippen LogP contribution is -1.99. The molecule has 2 aromatic carbocycles. The van der Waals surface area contributed by atoms with Crippen LogP contribution in [0.4, 0.5) is 0 Å². The number of ketones is 1. The SMILES string of the molecule is COc1ccc(C=CC(=O)C2CC2)cc1COc1ccc(Cl)cc1. The first-order valence-corrected chi connectivity index (χ1v) is 8.31. The van der Waals surface area contributed by atoms with Crippen molar-refractivity contribution in [3.8, 4) is 11.5 Å². The van der Waals surface area contributed by atoms with Crippen molar-refractivity contribution in [2.24, 2.45) is 5.92 Å². The Balaban J connectivity index is 1.71. The van der Waals surface area contributed by atoms with Gasteiger partial charge in [0.15, 0.2) is 5.78 Å². The zero-order valence-corrected chi connectivity index (χ0v) is 14.3. The van der Waals surface area contributed by atoms with Crippen LogP contribution in [0.1, 0.15) is 24.0 Å². The Labute approximate surface area is 146 Å². The number of hydrogen-bond acceptors (Lipinski definition) is 3. The first-order valence-electron chi connectivity index (χ1n) is 7.93. The van der Waals surface area contributed by atoms with Crippen LogP contribution in [-0.4, -0.2) is 12.9 Å². The van der Waals surface area contributed by atoms with Gasteiger partial charge in [0.25, 0.3) is 0 Å². The van der Waals surface area contributed by atoms with Crippen molar-refractivity contribution in [3.63, 3.8) is 0 Å². The van der Waals surface area contributed by atoms with Gasteiger partial charge in [-0.15, -0.1) is 0 Å². The number of benzene rings is 2. The fourth-order valence-corrected chi connectivity index (χ4v) is 2.52. The molecule has 24 heavy (non-hydrogen) atoms. The number of carbonyl (C=O) groups excluding carboxylic acids is 1. The van der Waals surface area contributed by atoms with Crippen molar-refractivity contribution in [2.75, 3.05) is 7.11 Å². The van der Waals surface area contributed by atoms with E-state index in [2.05, 4.69) is 0 Å². The summed E-state index contributed by atoms with van der Waals surface area (Å²) in [6.45, 7) is 0.378. The molecule has 124 valence electrons. The maximum Gasteiger partial charge on any atom is 0.158 e. The van der Waals surface area contributed by atoms with Gasteiger partial charge in [-0.2, -0.15) is 0 Å². The van der Waals surface area contributed by atoms with Crippen LogP contribution in [-0.2, 0) is 11.4 Å². The minimum Gasteiger partial charge on any atom is -0.496 e. The lowest BCUT2D eigenvalue weighted by molar-refractivity contribution is -0.115. The number of methoxy groups -OCH3 is 1. The molecule has 0 spiro atoms. The monoisotopic (exact) mass is 342 g/mol. The van der Waals surface area contributed by atoms with Gasteiger partial charge in [-0.05, 0) is 60.9 Å². The molecular formula is C20H19ClO3. The molecule has 0 aliphatic heterocycles. The molecule has 1 saturated carbocycles. The molecule has 0 atom stereocenters. The van der Waals surface area contributed by atoms with E-state index < -0.39 is 0 Å². The molecule has 1 aliphatic carbocycles. The number of carbonyl (C=O) groups is 1. The molecule has 4 heteroatoms. The average molecular weight is 343 g/mol. The summed E-state index contributed by atoms with van der Waals surface area (Å²) in [4.78, 5) is 11.8. The first kappa shape index (κ1) is 16.6. The number of rotatable bonds is 7. The minimum absolute atomic E-state index is 0.213. The Morgan fingerprint density at radius 3 is 2.62 bits per heavy atom. The van der Waals surface area contributed by atoms with Gasteiger partial charge < -0.3 is 9.47 Å². The second kappa shape index (κ2) is 7.54. The summed E-state index contributed by atoms with van der Waals surface area (Å²) in [5, 5.41) is 0.674. The van der Waals surface area contributed by atoms with Crippen molar-refractivity contribution < 1.29 is 14.3 Å². The quantitative estimate of drug-likeness (QED) is 0.670. The second-order valence-corrected chi connectivity index (χ2v) is 6.26. The van der Waals surface area contributed by atoms with Gasteiger partial charge in [-0.1, -0.05) is 23.7 Å². The van der Waals surface area contributed by atoms with Crippen LogP contribution < -0.4 is 9.47 Å². The van der Waals surface area contributed by atoms with Crippen LogP contribution in [0.2, 0.25) is 5.02 Å². The van der Waals surface area contributed by atoms with E-state index in [1.165, 1.54) is 0 Å². The van der Waals surface area contributed by atoms with E-state index in [9.17, 15) is 4.79 Å². The molecule has 0 heterocycles. The summed E-state index contributed by atoms with van der Waals surface area (Å²) in [6, 6.07) is 13.0. The Kier molecular flexibility index (Phi) is 5.21. The molecule has 3 nitrogen and oxygen atoms in total. The molecule has 1 aliphatic rings. The molecule has 0 saturated heterocycles. The number of halogens is 1. The highest BCUT2D eigenvalue weighted by Crippen LogP contribution is 2.30. The Morgan fingerprint density at radius 1 is 1.21 bits per heavy atom. The van der Waals surface area contributed by atoms with Gasteiger partial charge in [0.1, 0.15) is 18.1 Å². The van der Waals surface area contributed by atoms with Crippen molar-refractivity contribution >= 4 is 23.5 Å². The highest BCUT2D eigenvalue weighted by molar-refractivity contribution is 6.30. The normalized spacial score (nSPS) is 13.9. The fourth-order valence-electron chi connectivity index (χ4n) is 2.39. The smallest absolute Gasteiger partial charge is 0.158 e. The topological polar surface area (TPSA) is 35.5 Å². The van der Waals surface area contributed by atoms with E-state index in [4.69, 9.17) is 21.1 Å². The highest BCUT2D eigenvalue weighted by atomic mass is 35.5. The molecule has 0 aromatic heterocycles. The highest BCUT2D eigenvalue weighted by Gasteiger charge is 2.27. The third-order valence-corrected chi connectivity index (χ3v) is 4.18. The summed E-state index contributed by atoms with van der Waals surface area (Å²) in [7, 11) is 1.63. The number of allylic oxidation sites excluding steroid dienone is 1. The lowest BCUT2D eigenvalue weighted by atomic mass is 10.1. The molecule has 0 amide bonds. The molecule has 0 N–H and O–H groups in total. The summed E-state index contributed by atoms with van der Waals surface area (Å²) in [5.74, 6) is 1.96. The van der Waals surface area contributed by atoms with Crippen LogP contribution in [0.3, 0.4) is 0 Å². The molecular weight excluding hydrogens is 324 g/mol. The molecule has 0 bridgehead atoms.